The second-order valence-electron chi connectivity index (χ2n) is 8.12. The maximum Gasteiger partial charge on any atom is 0.201 e. The molecule has 1 fully saturated rings. The number of aryl methyl sites for hydroxylation is 1. The summed E-state index contributed by atoms with van der Waals surface area (Å²) in [5, 5.41) is 0. The van der Waals surface area contributed by atoms with E-state index in [4.69, 9.17) is 0 Å². The van der Waals surface area contributed by atoms with Gasteiger partial charge in [0, 0.05) is 39.9 Å². The van der Waals surface area contributed by atoms with Crippen LogP contribution in [-0.4, -0.2) is 18.9 Å². The molecule has 0 N–H and O–H groups in total. The summed E-state index contributed by atoms with van der Waals surface area (Å²) < 4.78 is 0.988. The van der Waals surface area contributed by atoms with Crippen LogP contribution in [-0.2, 0) is 0 Å². The summed E-state index contributed by atoms with van der Waals surface area (Å²) in [6.07, 6.45) is 5.62. The summed E-state index contributed by atoms with van der Waals surface area (Å²) in [6.45, 7) is 4.13. The highest BCUT2D eigenvalue weighted by Gasteiger charge is 2.16. The number of benzene rings is 3. The van der Waals surface area contributed by atoms with Crippen LogP contribution in [0.2, 0.25) is 0 Å². The molecule has 32 heavy (non-hydrogen) atoms. The SMILES string of the molecule is Cc1ccc(C#C/C(=C\c2cc(Br)ccc2N2CCCCC2)C(=O)c2ccccc2)cc1. The molecule has 3 aromatic carbocycles. The molecule has 0 spiro atoms. The van der Waals surface area contributed by atoms with Crippen molar-refractivity contribution in [2.24, 2.45) is 0 Å². The molecule has 0 bridgehead atoms. The standard InChI is InChI=1S/C29H26BrNO/c1-22-10-12-23(13-11-22)14-15-25(29(32)24-8-4-2-5-9-24)20-26-21-27(30)16-17-28(26)31-18-6-3-7-19-31/h2,4-5,8-13,16-17,20-21H,3,6-7,18-19H2,1H3/b25-20+. The van der Waals surface area contributed by atoms with Crippen LogP contribution >= 0.6 is 15.9 Å². The van der Waals surface area contributed by atoms with E-state index in [9.17, 15) is 4.79 Å². The van der Waals surface area contributed by atoms with E-state index in [1.165, 1.54) is 24.8 Å². The number of hydrogen-bond donors (Lipinski definition) is 0. The smallest absolute Gasteiger partial charge is 0.201 e. The van der Waals surface area contributed by atoms with Crippen LogP contribution in [0.25, 0.3) is 6.08 Å². The molecule has 0 amide bonds. The van der Waals surface area contributed by atoms with Crippen LogP contribution in [0.1, 0.15) is 46.3 Å². The number of hydrogen-bond acceptors (Lipinski definition) is 2. The minimum atomic E-state index is -0.0604. The Morgan fingerprint density at radius 2 is 1.66 bits per heavy atom. The number of Topliss-reactive ketones (excluding diaryl/α,β-unsaturated/α-hetero) is 1. The van der Waals surface area contributed by atoms with Crippen LogP contribution < -0.4 is 4.90 Å². The number of rotatable bonds is 4. The molecule has 3 aromatic rings. The molecule has 160 valence electrons. The molecule has 1 heterocycles. The first-order chi connectivity index (χ1) is 15.6. The maximum absolute atomic E-state index is 13.4. The third kappa shape index (κ3) is 5.58. The third-order valence-corrected chi connectivity index (χ3v) is 6.15. The van der Waals surface area contributed by atoms with Crippen LogP contribution in [0.4, 0.5) is 5.69 Å². The van der Waals surface area contributed by atoms with E-state index in [0.717, 1.165) is 34.4 Å². The van der Waals surface area contributed by atoms with Gasteiger partial charge in [-0.25, -0.2) is 0 Å². The Morgan fingerprint density at radius 3 is 2.38 bits per heavy atom. The van der Waals surface area contributed by atoms with Crippen molar-refractivity contribution in [1.29, 1.82) is 0 Å². The van der Waals surface area contributed by atoms with Gasteiger partial charge in [0.15, 0.2) is 0 Å². The Labute approximate surface area is 199 Å². The highest BCUT2D eigenvalue weighted by Crippen LogP contribution is 2.29. The van der Waals surface area contributed by atoms with E-state index in [1.807, 2.05) is 60.7 Å². The number of anilines is 1. The summed E-state index contributed by atoms with van der Waals surface area (Å²) >= 11 is 3.61. The fourth-order valence-electron chi connectivity index (χ4n) is 3.90. The van der Waals surface area contributed by atoms with Crippen molar-refractivity contribution in [3.63, 3.8) is 0 Å². The van der Waals surface area contributed by atoms with Gasteiger partial charge in [-0.3, -0.25) is 4.79 Å². The predicted octanol–water partition coefficient (Wildman–Crippen LogP) is 7.07. The van der Waals surface area contributed by atoms with Gasteiger partial charge in [0.25, 0.3) is 0 Å². The summed E-state index contributed by atoms with van der Waals surface area (Å²) in [4.78, 5) is 15.8. The molecule has 0 saturated carbocycles. The average Bonchev–Trinajstić information content (AvgIpc) is 2.83. The number of allylic oxidation sites excluding steroid dienone is 1. The molecule has 0 aliphatic carbocycles. The van der Waals surface area contributed by atoms with Crippen molar-refractivity contribution in [3.8, 4) is 11.8 Å². The van der Waals surface area contributed by atoms with Gasteiger partial charge in [0.1, 0.15) is 0 Å². The molecular weight excluding hydrogens is 458 g/mol. The summed E-state index contributed by atoms with van der Waals surface area (Å²) in [5.41, 5.74) is 5.39. The molecule has 2 nitrogen and oxygen atoms in total. The number of halogens is 1. The molecule has 3 heteroatoms. The summed E-state index contributed by atoms with van der Waals surface area (Å²) in [6, 6.07) is 23.7. The van der Waals surface area contributed by atoms with Crippen LogP contribution in [0.3, 0.4) is 0 Å². The largest absolute Gasteiger partial charge is 0.371 e. The Kier molecular flexibility index (Phi) is 7.24. The Hall–Kier alpha value is -3.09. The first kappa shape index (κ1) is 22.1. The molecule has 0 aromatic heterocycles. The fraction of sp³-hybridized carbons (Fsp3) is 0.207. The Balaban J connectivity index is 1.78. The van der Waals surface area contributed by atoms with Gasteiger partial charge in [-0.2, -0.15) is 0 Å². The first-order valence-corrected chi connectivity index (χ1v) is 11.8. The summed E-state index contributed by atoms with van der Waals surface area (Å²) in [5.74, 6) is 6.31. The molecule has 0 unspecified atom stereocenters. The molecule has 1 saturated heterocycles. The number of carbonyl (C=O) groups excluding carboxylic acids is 1. The lowest BCUT2D eigenvalue weighted by molar-refractivity contribution is 0.104. The number of piperidine rings is 1. The minimum absolute atomic E-state index is 0.0604. The number of ketones is 1. The van der Waals surface area contributed by atoms with Gasteiger partial charge in [0.2, 0.25) is 5.78 Å². The zero-order valence-corrected chi connectivity index (χ0v) is 19.9. The van der Waals surface area contributed by atoms with Crippen molar-refractivity contribution in [1.82, 2.24) is 0 Å². The fourth-order valence-corrected chi connectivity index (χ4v) is 4.28. The van der Waals surface area contributed by atoms with E-state index < -0.39 is 0 Å². The normalized spacial score (nSPS) is 13.9. The van der Waals surface area contributed by atoms with E-state index in [2.05, 4.69) is 57.8 Å². The van der Waals surface area contributed by atoms with Crippen molar-refractivity contribution in [2.75, 3.05) is 18.0 Å². The van der Waals surface area contributed by atoms with Gasteiger partial charge in [-0.1, -0.05) is 75.8 Å². The van der Waals surface area contributed by atoms with Crippen molar-refractivity contribution >= 4 is 33.5 Å². The average molecular weight is 484 g/mol. The zero-order chi connectivity index (χ0) is 22.3. The monoisotopic (exact) mass is 483 g/mol. The van der Waals surface area contributed by atoms with E-state index in [0.29, 0.717) is 11.1 Å². The third-order valence-electron chi connectivity index (χ3n) is 5.66. The minimum Gasteiger partial charge on any atom is -0.371 e. The van der Waals surface area contributed by atoms with Crippen molar-refractivity contribution in [2.45, 2.75) is 26.2 Å². The van der Waals surface area contributed by atoms with Gasteiger partial charge in [-0.15, -0.1) is 0 Å². The van der Waals surface area contributed by atoms with E-state index in [-0.39, 0.29) is 5.78 Å². The number of carbonyl (C=O) groups is 1. The first-order valence-electron chi connectivity index (χ1n) is 11.0. The Morgan fingerprint density at radius 1 is 0.938 bits per heavy atom. The van der Waals surface area contributed by atoms with Gasteiger partial charge < -0.3 is 4.90 Å². The molecule has 0 radical (unpaired) electrons. The van der Waals surface area contributed by atoms with E-state index in [1.54, 1.807) is 0 Å². The molecular formula is C29H26BrNO. The highest BCUT2D eigenvalue weighted by molar-refractivity contribution is 9.10. The quantitative estimate of drug-likeness (QED) is 0.224. The molecule has 0 atom stereocenters. The summed E-state index contributed by atoms with van der Waals surface area (Å²) in [7, 11) is 0. The van der Waals surface area contributed by atoms with Crippen LogP contribution in [0.5, 0.6) is 0 Å². The lowest BCUT2D eigenvalue weighted by atomic mass is 9.99. The topological polar surface area (TPSA) is 20.3 Å². The highest BCUT2D eigenvalue weighted by atomic mass is 79.9. The molecule has 1 aliphatic heterocycles. The van der Waals surface area contributed by atoms with Gasteiger partial charge >= 0.3 is 0 Å². The second kappa shape index (κ2) is 10.5. The number of nitrogens with zero attached hydrogens (tertiary/aromatic N) is 1. The van der Waals surface area contributed by atoms with Crippen molar-refractivity contribution in [3.05, 3.63) is 105 Å². The lowest BCUT2D eigenvalue weighted by Crippen LogP contribution is -2.29. The van der Waals surface area contributed by atoms with Crippen LogP contribution in [0, 0.1) is 18.8 Å². The second-order valence-corrected chi connectivity index (χ2v) is 9.04. The van der Waals surface area contributed by atoms with Crippen molar-refractivity contribution < 1.29 is 4.79 Å². The maximum atomic E-state index is 13.4. The van der Waals surface area contributed by atoms with Crippen LogP contribution in [0.15, 0.2) is 82.8 Å². The predicted molar refractivity (Wildman–Crippen MR) is 137 cm³/mol. The van der Waals surface area contributed by atoms with Gasteiger partial charge in [0.05, 0.1) is 5.57 Å². The Bertz CT molecular complexity index is 1180. The van der Waals surface area contributed by atoms with Gasteiger partial charge in [-0.05, 0) is 62.6 Å². The van der Waals surface area contributed by atoms with E-state index >= 15 is 0 Å². The molecule has 1 aliphatic rings. The zero-order valence-electron chi connectivity index (χ0n) is 18.3. The molecule has 4 rings (SSSR count). The lowest BCUT2D eigenvalue weighted by Gasteiger charge is -2.30.